The van der Waals surface area contributed by atoms with Crippen molar-refractivity contribution in [2.75, 3.05) is 5.75 Å². The van der Waals surface area contributed by atoms with Crippen LogP contribution < -0.4 is 5.73 Å². The van der Waals surface area contributed by atoms with E-state index >= 15 is 0 Å². The lowest BCUT2D eigenvalue weighted by atomic mass is 10.4. The fourth-order valence-electron chi connectivity index (χ4n) is 0.979. The number of nitrogens with two attached hydrogens (primary N) is 1. The van der Waals surface area contributed by atoms with Crippen LogP contribution in [0.15, 0.2) is 6.20 Å². The molecule has 1 aromatic heterocycles. The molecule has 0 aliphatic rings. The summed E-state index contributed by atoms with van der Waals surface area (Å²) in [6.45, 7) is 1.84. The highest BCUT2D eigenvalue weighted by Gasteiger charge is 2.06. The SMILES string of the molecule is CC(N)CS(=O)Cc1cn(C)nn1. The fourth-order valence-corrected chi connectivity index (χ4v) is 2.14. The third-order valence-electron chi connectivity index (χ3n) is 1.41. The van der Waals surface area contributed by atoms with Gasteiger partial charge in [0.15, 0.2) is 0 Å². The Bertz CT molecular complexity index is 296. The van der Waals surface area contributed by atoms with Crippen molar-refractivity contribution in [3.8, 4) is 0 Å². The van der Waals surface area contributed by atoms with Crippen molar-refractivity contribution < 1.29 is 4.21 Å². The Labute approximate surface area is 79.8 Å². The van der Waals surface area contributed by atoms with Gasteiger partial charge >= 0.3 is 0 Å². The van der Waals surface area contributed by atoms with Gasteiger partial charge in [0.2, 0.25) is 0 Å². The van der Waals surface area contributed by atoms with Crippen molar-refractivity contribution >= 4 is 10.8 Å². The largest absolute Gasteiger partial charge is 0.327 e. The molecule has 2 N–H and O–H groups in total. The normalized spacial score (nSPS) is 15.6. The molecule has 0 aliphatic heterocycles. The van der Waals surface area contributed by atoms with E-state index < -0.39 is 10.8 Å². The smallest absolute Gasteiger partial charge is 0.0951 e. The highest BCUT2D eigenvalue weighted by atomic mass is 32.2. The van der Waals surface area contributed by atoms with Gasteiger partial charge in [0.05, 0.1) is 11.4 Å². The minimum absolute atomic E-state index is 0.0301. The first-order chi connectivity index (χ1) is 6.08. The molecule has 0 radical (unpaired) electrons. The summed E-state index contributed by atoms with van der Waals surface area (Å²) in [5.41, 5.74) is 6.27. The Hall–Kier alpha value is -0.750. The second-order valence-corrected chi connectivity index (χ2v) is 4.61. The van der Waals surface area contributed by atoms with Crippen LogP contribution in [-0.4, -0.2) is 31.0 Å². The molecule has 2 unspecified atom stereocenters. The van der Waals surface area contributed by atoms with E-state index in [1.807, 2.05) is 6.92 Å². The minimum atomic E-state index is -0.929. The lowest BCUT2D eigenvalue weighted by Gasteiger charge is -2.02. The van der Waals surface area contributed by atoms with Crippen molar-refractivity contribution in [3.05, 3.63) is 11.9 Å². The van der Waals surface area contributed by atoms with E-state index in [0.717, 1.165) is 5.69 Å². The van der Waals surface area contributed by atoms with Gasteiger partial charge in [-0.3, -0.25) is 8.89 Å². The molecule has 0 bridgehead atoms. The predicted molar refractivity (Wildman–Crippen MR) is 51.4 cm³/mol. The molecular formula is C7H14N4OS. The molecule has 5 nitrogen and oxygen atoms in total. The van der Waals surface area contributed by atoms with Crippen LogP contribution in [0.2, 0.25) is 0 Å². The summed E-state index contributed by atoms with van der Waals surface area (Å²) in [5, 5.41) is 7.59. The Kier molecular flexibility index (Phi) is 3.56. The molecule has 2 atom stereocenters. The van der Waals surface area contributed by atoms with E-state index in [0.29, 0.717) is 11.5 Å². The van der Waals surface area contributed by atoms with Gasteiger partial charge in [0, 0.05) is 35.8 Å². The highest BCUT2D eigenvalue weighted by Crippen LogP contribution is 1.98. The molecule has 1 heterocycles. The van der Waals surface area contributed by atoms with Gasteiger partial charge in [0.1, 0.15) is 0 Å². The van der Waals surface area contributed by atoms with Crippen LogP contribution in [0.5, 0.6) is 0 Å². The van der Waals surface area contributed by atoms with Gasteiger partial charge in [-0.1, -0.05) is 5.21 Å². The average molecular weight is 202 g/mol. The van der Waals surface area contributed by atoms with Gasteiger partial charge in [-0.15, -0.1) is 5.10 Å². The maximum Gasteiger partial charge on any atom is 0.0951 e. The number of rotatable bonds is 4. The highest BCUT2D eigenvalue weighted by molar-refractivity contribution is 7.84. The maximum atomic E-state index is 11.4. The average Bonchev–Trinajstić information content (AvgIpc) is 2.33. The number of aryl methyl sites for hydroxylation is 1. The second kappa shape index (κ2) is 4.48. The van der Waals surface area contributed by atoms with E-state index in [2.05, 4.69) is 10.3 Å². The van der Waals surface area contributed by atoms with E-state index in [9.17, 15) is 4.21 Å². The molecule has 0 fully saturated rings. The first-order valence-electron chi connectivity index (χ1n) is 4.03. The monoisotopic (exact) mass is 202 g/mol. The number of hydrogen-bond acceptors (Lipinski definition) is 4. The van der Waals surface area contributed by atoms with E-state index in [-0.39, 0.29) is 6.04 Å². The third kappa shape index (κ3) is 3.65. The fraction of sp³-hybridized carbons (Fsp3) is 0.714. The van der Waals surface area contributed by atoms with Crippen LogP contribution in [0.4, 0.5) is 0 Å². The topological polar surface area (TPSA) is 73.8 Å². The molecule has 0 aliphatic carbocycles. The number of hydrogen-bond donors (Lipinski definition) is 1. The molecule has 74 valence electrons. The van der Waals surface area contributed by atoms with Gasteiger partial charge < -0.3 is 5.73 Å². The molecule has 6 heteroatoms. The van der Waals surface area contributed by atoms with Crippen molar-refractivity contribution in [1.82, 2.24) is 15.0 Å². The van der Waals surface area contributed by atoms with E-state index in [1.54, 1.807) is 17.9 Å². The molecule has 0 aromatic carbocycles. The zero-order valence-electron chi connectivity index (χ0n) is 7.80. The molecule has 0 amide bonds. The van der Waals surface area contributed by atoms with Crippen LogP contribution >= 0.6 is 0 Å². The van der Waals surface area contributed by atoms with Gasteiger partial charge in [-0.2, -0.15) is 0 Å². The summed E-state index contributed by atoms with van der Waals surface area (Å²) in [5.74, 6) is 0.950. The van der Waals surface area contributed by atoms with Crippen LogP contribution in [-0.2, 0) is 23.6 Å². The summed E-state index contributed by atoms with van der Waals surface area (Å²) >= 11 is 0. The minimum Gasteiger partial charge on any atom is -0.327 e. The molecule has 0 saturated carbocycles. The molecule has 1 rings (SSSR count). The maximum absolute atomic E-state index is 11.4. The molecule has 0 saturated heterocycles. The number of aromatic nitrogens is 3. The zero-order valence-corrected chi connectivity index (χ0v) is 8.62. The van der Waals surface area contributed by atoms with Crippen molar-refractivity contribution in [1.29, 1.82) is 0 Å². The lowest BCUT2D eigenvalue weighted by Crippen LogP contribution is -2.23. The van der Waals surface area contributed by atoms with Crippen LogP contribution in [0, 0.1) is 0 Å². The Morgan fingerprint density at radius 3 is 2.92 bits per heavy atom. The predicted octanol–water partition coefficient (Wildman–Crippen LogP) is -0.589. The van der Waals surface area contributed by atoms with Crippen LogP contribution in [0.3, 0.4) is 0 Å². The molecule has 0 spiro atoms. The van der Waals surface area contributed by atoms with Gasteiger partial charge in [-0.05, 0) is 6.92 Å². The summed E-state index contributed by atoms with van der Waals surface area (Å²) in [7, 11) is 0.854. The second-order valence-electron chi connectivity index (χ2n) is 3.11. The summed E-state index contributed by atoms with van der Waals surface area (Å²) in [6, 6.07) is -0.0301. The molecular weight excluding hydrogens is 188 g/mol. The summed E-state index contributed by atoms with van der Waals surface area (Å²) in [4.78, 5) is 0. The van der Waals surface area contributed by atoms with Crippen LogP contribution in [0.1, 0.15) is 12.6 Å². The summed E-state index contributed by atoms with van der Waals surface area (Å²) < 4.78 is 13.0. The third-order valence-corrected chi connectivity index (χ3v) is 2.92. The first-order valence-corrected chi connectivity index (χ1v) is 5.52. The zero-order chi connectivity index (χ0) is 9.84. The van der Waals surface area contributed by atoms with Crippen molar-refractivity contribution in [2.45, 2.75) is 18.7 Å². The standard InChI is InChI=1S/C7H14N4OS/c1-6(8)4-13(12)5-7-3-11(2)10-9-7/h3,6H,4-5,8H2,1-2H3. The Balaban J connectivity index is 2.45. The Morgan fingerprint density at radius 2 is 2.46 bits per heavy atom. The van der Waals surface area contributed by atoms with Gasteiger partial charge in [0.25, 0.3) is 0 Å². The quantitative estimate of drug-likeness (QED) is 0.708. The van der Waals surface area contributed by atoms with Crippen molar-refractivity contribution in [2.24, 2.45) is 12.8 Å². The molecule has 13 heavy (non-hydrogen) atoms. The lowest BCUT2D eigenvalue weighted by molar-refractivity contribution is 0.675. The van der Waals surface area contributed by atoms with Crippen LogP contribution in [0.25, 0.3) is 0 Å². The molecule has 1 aromatic rings. The van der Waals surface area contributed by atoms with E-state index in [4.69, 9.17) is 5.73 Å². The first kappa shape index (κ1) is 10.3. The van der Waals surface area contributed by atoms with Gasteiger partial charge in [-0.25, -0.2) is 0 Å². The van der Waals surface area contributed by atoms with E-state index in [1.165, 1.54) is 0 Å². The number of nitrogens with zero attached hydrogens (tertiary/aromatic N) is 3. The Morgan fingerprint density at radius 1 is 1.77 bits per heavy atom. The summed E-state index contributed by atoms with van der Waals surface area (Å²) in [6.07, 6.45) is 1.76. The van der Waals surface area contributed by atoms with Crippen molar-refractivity contribution in [3.63, 3.8) is 0 Å².